The Balaban J connectivity index is 1.53. The molecule has 140 valence electrons. The average molecular weight is 348 g/mol. The van der Waals surface area contributed by atoms with Crippen molar-refractivity contribution in [1.82, 2.24) is 0 Å². The van der Waals surface area contributed by atoms with E-state index in [0.29, 0.717) is 29.6 Å². The number of hydrogen-bond acceptors (Lipinski definition) is 4. The van der Waals surface area contributed by atoms with Gasteiger partial charge in [-0.25, -0.2) is 0 Å². The average Bonchev–Trinajstić information content (AvgIpc) is 2.53. The lowest BCUT2D eigenvalue weighted by atomic mass is 9.46. The molecule has 3 aliphatic carbocycles. The van der Waals surface area contributed by atoms with E-state index in [1.165, 1.54) is 32.6 Å². The molecule has 0 aromatic heterocycles. The second kappa shape index (κ2) is 5.99. The monoisotopic (exact) mass is 348 g/mol. The normalized spacial score (nSPS) is 49.2. The van der Waals surface area contributed by atoms with E-state index < -0.39 is 0 Å². The van der Waals surface area contributed by atoms with Gasteiger partial charge in [0.1, 0.15) is 11.7 Å². The number of hydrogen-bond donors (Lipinski definition) is 0. The summed E-state index contributed by atoms with van der Waals surface area (Å²) >= 11 is 0. The zero-order valence-corrected chi connectivity index (χ0v) is 15.9. The zero-order chi connectivity index (χ0) is 17.8. The van der Waals surface area contributed by atoms with Gasteiger partial charge in [0, 0.05) is 19.3 Å². The molecule has 4 fully saturated rings. The Kier molecular flexibility index (Phi) is 4.16. The van der Waals surface area contributed by atoms with Crippen molar-refractivity contribution in [2.45, 2.75) is 90.3 Å². The first-order valence-electron chi connectivity index (χ1n) is 10.2. The maximum Gasteiger partial charge on any atom is 0.306 e. The van der Waals surface area contributed by atoms with E-state index in [0.717, 1.165) is 31.6 Å². The Morgan fingerprint density at radius 1 is 1.08 bits per heavy atom. The number of esters is 2. The van der Waals surface area contributed by atoms with E-state index in [1.807, 2.05) is 0 Å². The van der Waals surface area contributed by atoms with Gasteiger partial charge in [-0.05, 0) is 81.5 Å². The summed E-state index contributed by atoms with van der Waals surface area (Å²) in [5.74, 6) is 2.49. The minimum atomic E-state index is -0.228. The highest BCUT2D eigenvalue weighted by Gasteiger charge is 2.59. The summed E-state index contributed by atoms with van der Waals surface area (Å²) in [6, 6.07) is 0. The molecule has 0 unspecified atom stereocenters. The Bertz CT molecular complexity index is 572. The van der Waals surface area contributed by atoms with Crippen LogP contribution in [-0.4, -0.2) is 23.6 Å². The van der Waals surface area contributed by atoms with Gasteiger partial charge in [-0.15, -0.1) is 0 Å². The Hall–Kier alpha value is -1.06. The third-order valence-corrected chi connectivity index (χ3v) is 8.29. The Morgan fingerprint density at radius 3 is 2.64 bits per heavy atom. The third kappa shape index (κ3) is 2.80. The van der Waals surface area contributed by atoms with E-state index in [4.69, 9.17) is 9.47 Å². The molecule has 0 amide bonds. The SMILES string of the molecule is CC(=O)O[C@@H]1CC[C@@]2(C)[C@@H](CC[C@@H]3[C@@H]2CC[C@]2(C)OC(=O)CC[C@@H]32)C1. The van der Waals surface area contributed by atoms with Crippen molar-refractivity contribution in [3.63, 3.8) is 0 Å². The van der Waals surface area contributed by atoms with Crippen LogP contribution in [0.25, 0.3) is 0 Å². The van der Waals surface area contributed by atoms with Gasteiger partial charge in [0.15, 0.2) is 0 Å². The van der Waals surface area contributed by atoms with Crippen molar-refractivity contribution < 1.29 is 19.1 Å². The van der Waals surface area contributed by atoms with Crippen molar-refractivity contribution in [2.75, 3.05) is 0 Å². The lowest BCUT2D eigenvalue weighted by molar-refractivity contribution is -0.205. The first kappa shape index (κ1) is 17.4. The molecular formula is C21H32O4. The molecule has 25 heavy (non-hydrogen) atoms. The van der Waals surface area contributed by atoms with Gasteiger partial charge < -0.3 is 9.47 Å². The summed E-state index contributed by atoms with van der Waals surface area (Å²) in [6.07, 6.45) is 9.60. The van der Waals surface area contributed by atoms with Crippen LogP contribution >= 0.6 is 0 Å². The number of carbonyl (C=O) groups excluding carboxylic acids is 2. The molecule has 0 radical (unpaired) electrons. The summed E-state index contributed by atoms with van der Waals surface area (Å²) in [7, 11) is 0. The quantitative estimate of drug-likeness (QED) is 0.665. The molecule has 1 aliphatic heterocycles. The number of ether oxygens (including phenoxy) is 2. The first-order chi connectivity index (χ1) is 11.8. The van der Waals surface area contributed by atoms with Gasteiger partial charge in [0.2, 0.25) is 0 Å². The molecule has 4 aliphatic rings. The van der Waals surface area contributed by atoms with Gasteiger partial charge in [-0.1, -0.05) is 6.92 Å². The molecular weight excluding hydrogens is 316 g/mol. The van der Waals surface area contributed by atoms with E-state index in [2.05, 4.69) is 13.8 Å². The summed E-state index contributed by atoms with van der Waals surface area (Å²) in [4.78, 5) is 23.2. The van der Waals surface area contributed by atoms with Crippen molar-refractivity contribution in [3.05, 3.63) is 0 Å². The third-order valence-electron chi connectivity index (χ3n) is 8.29. The van der Waals surface area contributed by atoms with Crippen LogP contribution in [0.5, 0.6) is 0 Å². The molecule has 4 nitrogen and oxygen atoms in total. The van der Waals surface area contributed by atoms with Crippen molar-refractivity contribution in [2.24, 2.45) is 29.1 Å². The Labute approximate surface area is 151 Å². The molecule has 1 saturated heterocycles. The van der Waals surface area contributed by atoms with Gasteiger partial charge in [0.25, 0.3) is 0 Å². The van der Waals surface area contributed by atoms with Gasteiger partial charge in [-0.2, -0.15) is 0 Å². The van der Waals surface area contributed by atoms with Crippen LogP contribution in [0.15, 0.2) is 0 Å². The highest BCUT2D eigenvalue weighted by molar-refractivity contribution is 5.71. The van der Waals surface area contributed by atoms with E-state index in [1.54, 1.807) is 0 Å². The topological polar surface area (TPSA) is 52.6 Å². The van der Waals surface area contributed by atoms with E-state index in [9.17, 15) is 9.59 Å². The smallest absolute Gasteiger partial charge is 0.306 e. The minimum absolute atomic E-state index is 0.000938. The van der Waals surface area contributed by atoms with Crippen molar-refractivity contribution >= 4 is 11.9 Å². The van der Waals surface area contributed by atoms with Crippen molar-refractivity contribution in [1.29, 1.82) is 0 Å². The predicted octanol–water partition coefficient (Wildman–Crippen LogP) is 4.26. The van der Waals surface area contributed by atoms with Crippen LogP contribution in [0.2, 0.25) is 0 Å². The number of carbonyl (C=O) groups is 2. The highest BCUT2D eigenvalue weighted by Crippen LogP contribution is 2.63. The fraction of sp³-hybridized carbons (Fsp3) is 0.905. The van der Waals surface area contributed by atoms with Gasteiger partial charge in [-0.3, -0.25) is 9.59 Å². The summed E-state index contributed by atoms with van der Waals surface area (Å²) in [6.45, 7) is 6.20. The molecule has 1 heterocycles. The summed E-state index contributed by atoms with van der Waals surface area (Å²) in [5, 5.41) is 0. The largest absolute Gasteiger partial charge is 0.463 e. The van der Waals surface area contributed by atoms with Crippen LogP contribution < -0.4 is 0 Å². The first-order valence-corrected chi connectivity index (χ1v) is 10.2. The maximum atomic E-state index is 11.8. The lowest BCUT2D eigenvalue weighted by Gasteiger charge is -2.61. The summed E-state index contributed by atoms with van der Waals surface area (Å²) in [5.41, 5.74) is 0.136. The predicted molar refractivity (Wildman–Crippen MR) is 93.7 cm³/mol. The van der Waals surface area contributed by atoms with Crippen LogP contribution in [0.3, 0.4) is 0 Å². The second-order valence-electron chi connectivity index (χ2n) is 9.53. The minimum Gasteiger partial charge on any atom is -0.463 e. The van der Waals surface area contributed by atoms with Gasteiger partial charge in [0.05, 0.1) is 0 Å². The summed E-state index contributed by atoms with van der Waals surface area (Å²) < 4.78 is 11.4. The fourth-order valence-electron chi connectivity index (χ4n) is 7.08. The fourth-order valence-corrected chi connectivity index (χ4v) is 7.08. The second-order valence-corrected chi connectivity index (χ2v) is 9.53. The molecule has 0 aromatic rings. The van der Waals surface area contributed by atoms with Crippen LogP contribution in [0.1, 0.15) is 78.6 Å². The van der Waals surface area contributed by atoms with Crippen LogP contribution in [0.4, 0.5) is 0 Å². The molecule has 0 bridgehead atoms. The highest BCUT2D eigenvalue weighted by atomic mass is 16.6. The van der Waals surface area contributed by atoms with Crippen LogP contribution in [-0.2, 0) is 19.1 Å². The van der Waals surface area contributed by atoms with Crippen molar-refractivity contribution in [3.8, 4) is 0 Å². The molecule has 3 saturated carbocycles. The Morgan fingerprint density at radius 2 is 1.88 bits per heavy atom. The molecule has 7 atom stereocenters. The van der Waals surface area contributed by atoms with E-state index in [-0.39, 0.29) is 23.6 Å². The van der Waals surface area contributed by atoms with Crippen LogP contribution in [0, 0.1) is 29.1 Å². The maximum absolute atomic E-state index is 11.8. The number of rotatable bonds is 1. The molecule has 0 spiro atoms. The molecule has 4 rings (SSSR count). The van der Waals surface area contributed by atoms with Gasteiger partial charge >= 0.3 is 11.9 Å². The zero-order valence-electron chi connectivity index (χ0n) is 15.9. The molecule has 4 heteroatoms. The molecule has 0 aromatic carbocycles. The number of fused-ring (bicyclic) bond motifs is 5. The standard InChI is InChI=1S/C21H32O4/c1-13(22)24-15-8-10-20(2)14(12-15)4-5-16-17(20)9-11-21(3)18(16)6-7-19(23)25-21/h14-18H,4-12H2,1-3H3/t14-,15+,16+,17-,18-,20-,21-/m0/s1. The molecule has 0 N–H and O–H groups in total. The van der Waals surface area contributed by atoms with E-state index >= 15 is 0 Å². The lowest BCUT2D eigenvalue weighted by Crippen LogP contribution is -2.58.